The molecule has 0 aliphatic carbocycles. The van der Waals surface area contributed by atoms with Gasteiger partial charge in [-0.05, 0) is 11.2 Å². The Labute approximate surface area is 109 Å². The summed E-state index contributed by atoms with van der Waals surface area (Å²) in [5, 5.41) is 12.6. The molecule has 0 saturated carbocycles. The van der Waals surface area contributed by atoms with E-state index in [2.05, 4.69) is 15.1 Å². The molecule has 19 heavy (non-hydrogen) atoms. The minimum Gasteiger partial charge on any atom is -0.480 e. The van der Waals surface area contributed by atoms with Crippen LogP contribution in [0.15, 0.2) is 36.9 Å². The molecule has 0 aliphatic rings. The molecule has 0 saturated heterocycles. The van der Waals surface area contributed by atoms with Crippen LogP contribution in [0.1, 0.15) is 0 Å². The number of carboxylic acids is 1. The van der Waals surface area contributed by atoms with Gasteiger partial charge in [0.05, 0.1) is 0 Å². The van der Waals surface area contributed by atoms with Gasteiger partial charge < -0.3 is 9.84 Å². The third kappa shape index (κ3) is 4.07. The second-order valence-corrected chi connectivity index (χ2v) is 3.70. The average Bonchev–Trinajstić information content (AvgIpc) is 2.45. The van der Waals surface area contributed by atoms with Crippen LogP contribution in [0.4, 0.5) is 0 Å². The second-order valence-electron chi connectivity index (χ2n) is 3.70. The summed E-state index contributed by atoms with van der Waals surface area (Å²) in [5.74, 6) is -0.362. The summed E-state index contributed by atoms with van der Waals surface area (Å²) >= 11 is 0. The standard InChI is InChI=1S/C12H12N4O3/c17-11(18)9-19-7-6-16-5-2-10(8-15-16)12-13-3-1-4-14-12/h1-5,8H,6-7,9H2/p+1. The number of carbonyl (C=O) groups is 1. The van der Waals surface area contributed by atoms with Gasteiger partial charge in [-0.1, -0.05) is 4.68 Å². The Morgan fingerprint density at radius 3 is 2.79 bits per heavy atom. The van der Waals surface area contributed by atoms with E-state index >= 15 is 0 Å². The first-order valence-corrected chi connectivity index (χ1v) is 5.68. The van der Waals surface area contributed by atoms with Gasteiger partial charge in [0.25, 0.3) is 0 Å². The highest BCUT2D eigenvalue weighted by molar-refractivity contribution is 5.67. The van der Waals surface area contributed by atoms with Crippen molar-refractivity contribution in [1.82, 2.24) is 15.1 Å². The Morgan fingerprint density at radius 2 is 2.16 bits per heavy atom. The molecule has 1 N–H and O–H groups in total. The summed E-state index contributed by atoms with van der Waals surface area (Å²) in [6, 6.07) is 3.60. The van der Waals surface area contributed by atoms with Crippen molar-refractivity contribution in [1.29, 1.82) is 0 Å². The van der Waals surface area contributed by atoms with Gasteiger partial charge in [-0.25, -0.2) is 14.8 Å². The Morgan fingerprint density at radius 1 is 1.37 bits per heavy atom. The number of aromatic nitrogens is 4. The van der Waals surface area contributed by atoms with E-state index in [-0.39, 0.29) is 6.61 Å². The Hall–Kier alpha value is -2.41. The molecule has 7 nitrogen and oxygen atoms in total. The quantitative estimate of drug-likeness (QED) is 0.578. The van der Waals surface area contributed by atoms with Gasteiger partial charge in [-0.3, -0.25) is 0 Å². The molecule has 0 fully saturated rings. The molecule has 2 rings (SSSR count). The molecule has 7 heteroatoms. The zero-order valence-electron chi connectivity index (χ0n) is 10.1. The van der Waals surface area contributed by atoms with Crippen molar-refractivity contribution >= 4 is 5.97 Å². The van der Waals surface area contributed by atoms with Crippen molar-refractivity contribution < 1.29 is 19.3 Å². The number of hydrogen-bond donors (Lipinski definition) is 1. The molecule has 0 unspecified atom stereocenters. The van der Waals surface area contributed by atoms with Crippen LogP contribution in [0.3, 0.4) is 0 Å². The minimum absolute atomic E-state index is 0.295. The maximum Gasteiger partial charge on any atom is 0.329 e. The molecule has 0 aliphatic heterocycles. The summed E-state index contributed by atoms with van der Waals surface area (Å²) < 4.78 is 6.59. The maximum atomic E-state index is 10.3. The summed E-state index contributed by atoms with van der Waals surface area (Å²) in [5.41, 5.74) is 0.823. The highest BCUT2D eigenvalue weighted by Crippen LogP contribution is 2.08. The molecule has 0 aromatic carbocycles. The Balaban J connectivity index is 1.90. The van der Waals surface area contributed by atoms with E-state index in [0.29, 0.717) is 19.0 Å². The number of carboxylic acid groups (broad SMARTS) is 1. The third-order valence-electron chi connectivity index (χ3n) is 2.29. The van der Waals surface area contributed by atoms with E-state index in [0.717, 1.165) is 5.56 Å². The number of rotatable bonds is 6. The van der Waals surface area contributed by atoms with Crippen molar-refractivity contribution in [3.63, 3.8) is 0 Å². The van der Waals surface area contributed by atoms with E-state index in [1.54, 1.807) is 35.5 Å². The Bertz CT molecular complexity index is 530. The topological polar surface area (TPSA) is 89.1 Å². The van der Waals surface area contributed by atoms with E-state index in [1.807, 2.05) is 6.07 Å². The molecule has 0 atom stereocenters. The summed E-state index contributed by atoms with van der Waals surface area (Å²) in [6.45, 7) is 0.491. The van der Waals surface area contributed by atoms with Gasteiger partial charge in [0.15, 0.2) is 18.6 Å². The highest BCUT2D eigenvalue weighted by Gasteiger charge is 2.06. The van der Waals surface area contributed by atoms with Crippen molar-refractivity contribution in [2.24, 2.45) is 0 Å². The number of nitrogens with zero attached hydrogens (tertiary/aromatic N) is 4. The van der Waals surface area contributed by atoms with Crippen LogP contribution in [0.2, 0.25) is 0 Å². The van der Waals surface area contributed by atoms with Gasteiger partial charge in [-0.2, -0.15) is 0 Å². The van der Waals surface area contributed by atoms with Crippen LogP contribution in [-0.4, -0.2) is 39.4 Å². The number of aliphatic carboxylic acids is 1. The molecule has 0 spiro atoms. The fraction of sp³-hybridized carbons (Fsp3) is 0.250. The van der Waals surface area contributed by atoms with Crippen LogP contribution in [0, 0.1) is 0 Å². The predicted octanol–water partition coefficient (Wildman–Crippen LogP) is -0.0727. The summed E-state index contributed by atoms with van der Waals surface area (Å²) in [6.07, 6.45) is 6.77. The lowest BCUT2D eigenvalue weighted by atomic mass is 10.3. The molecule has 0 bridgehead atoms. The number of hydrogen-bond acceptors (Lipinski definition) is 5. The molecule has 0 radical (unpaired) electrons. The molecule has 2 aromatic rings. The zero-order valence-corrected chi connectivity index (χ0v) is 10.1. The molecule has 2 heterocycles. The lowest BCUT2D eigenvalue weighted by Crippen LogP contribution is -2.39. The van der Waals surface area contributed by atoms with Gasteiger partial charge >= 0.3 is 5.97 Å². The second kappa shape index (κ2) is 6.50. The van der Waals surface area contributed by atoms with E-state index in [4.69, 9.17) is 9.84 Å². The minimum atomic E-state index is -0.977. The van der Waals surface area contributed by atoms with Gasteiger partial charge in [0.1, 0.15) is 19.4 Å². The van der Waals surface area contributed by atoms with Gasteiger partial charge in [0, 0.05) is 24.0 Å². The average molecular weight is 261 g/mol. The maximum absolute atomic E-state index is 10.3. The van der Waals surface area contributed by atoms with Gasteiger partial charge in [0.2, 0.25) is 0 Å². The van der Waals surface area contributed by atoms with E-state index in [9.17, 15) is 4.79 Å². The lowest BCUT2D eigenvalue weighted by Gasteiger charge is -1.98. The van der Waals surface area contributed by atoms with E-state index in [1.165, 1.54) is 0 Å². The van der Waals surface area contributed by atoms with Crippen molar-refractivity contribution in [2.75, 3.05) is 13.2 Å². The third-order valence-corrected chi connectivity index (χ3v) is 2.29. The van der Waals surface area contributed by atoms with Crippen molar-refractivity contribution in [3.8, 4) is 11.4 Å². The molecule has 2 aromatic heterocycles. The van der Waals surface area contributed by atoms with Crippen LogP contribution in [0.5, 0.6) is 0 Å². The Kier molecular flexibility index (Phi) is 4.46. The first-order chi connectivity index (χ1) is 9.25. The van der Waals surface area contributed by atoms with Crippen LogP contribution < -0.4 is 4.68 Å². The zero-order chi connectivity index (χ0) is 13.5. The fourth-order valence-electron chi connectivity index (χ4n) is 1.41. The molecule has 0 amide bonds. The first kappa shape index (κ1) is 13.0. The van der Waals surface area contributed by atoms with Crippen molar-refractivity contribution in [3.05, 3.63) is 36.9 Å². The predicted molar refractivity (Wildman–Crippen MR) is 63.9 cm³/mol. The monoisotopic (exact) mass is 261 g/mol. The SMILES string of the molecule is O=C(O)COCC[n+]1ccc(-c2ncccn2)cn1. The summed E-state index contributed by atoms with van der Waals surface area (Å²) in [7, 11) is 0. The van der Waals surface area contributed by atoms with Crippen LogP contribution >= 0.6 is 0 Å². The normalized spacial score (nSPS) is 10.3. The molecular formula is C12H13N4O3+. The van der Waals surface area contributed by atoms with Crippen LogP contribution in [-0.2, 0) is 16.1 Å². The van der Waals surface area contributed by atoms with E-state index < -0.39 is 5.97 Å². The smallest absolute Gasteiger partial charge is 0.329 e. The molecular weight excluding hydrogens is 248 g/mol. The summed E-state index contributed by atoms with van der Waals surface area (Å²) in [4.78, 5) is 18.5. The highest BCUT2D eigenvalue weighted by atomic mass is 16.5. The van der Waals surface area contributed by atoms with Crippen molar-refractivity contribution in [2.45, 2.75) is 6.54 Å². The number of ether oxygens (including phenoxy) is 1. The first-order valence-electron chi connectivity index (χ1n) is 5.68. The largest absolute Gasteiger partial charge is 0.480 e. The van der Waals surface area contributed by atoms with Crippen LogP contribution in [0.25, 0.3) is 11.4 Å². The molecule has 98 valence electrons. The lowest BCUT2D eigenvalue weighted by molar-refractivity contribution is -0.754. The van der Waals surface area contributed by atoms with Gasteiger partial charge in [-0.15, -0.1) is 0 Å². The fourth-order valence-corrected chi connectivity index (χ4v) is 1.41.